The van der Waals surface area contributed by atoms with Crippen LogP contribution < -0.4 is 5.32 Å². The van der Waals surface area contributed by atoms with Crippen LogP contribution >= 0.6 is 0 Å². The second kappa shape index (κ2) is 7.47. The Morgan fingerprint density at radius 3 is 2.48 bits per heavy atom. The lowest BCUT2D eigenvalue weighted by Crippen LogP contribution is -2.45. The molecule has 2 atom stereocenters. The fraction of sp³-hybridized carbons (Fsp3) is 0.533. The van der Waals surface area contributed by atoms with Gasteiger partial charge in [-0.3, -0.25) is 4.79 Å². The zero-order chi connectivity index (χ0) is 16.0. The first-order valence-electron chi connectivity index (χ1n) is 6.76. The Balaban J connectivity index is 2.74. The van der Waals surface area contributed by atoms with Crippen LogP contribution in [0.4, 0.5) is 8.78 Å². The molecule has 0 spiro atoms. The highest BCUT2D eigenvalue weighted by Crippen LogP contribution is 2.22. The number of hydrogen-bond acceptors (Lipinski definition) is 4. The standard InChI is InChI=1S/C15H21F2NO3/c1-4-15(2,8-13(20)21-3)18-9-12(19)14-10(16)6-5-7-11(14)17/h5-7,12,18-19H,4,8-9H2,1-3H3. The fourth-order valence-corrected chi connectivity index (χ4v) is 1.98. The molecule has 21 heavy (non-hydrogen) atoms. The van der Waals surface area contributed by atoms with Gasteiger partial charge in [-0.2, -0.15) is 0 Å². The molecule has 2 N–H and O–H groups in total. The van der Waals surface area contributed by atoms with Crippen molar-refractivity contribution in [3.8, 4) is 0 Å². The van der Waals surface area contributed by atoms with E-state index in [1.54, 1.807) is 6.92 Å². The van der Waals surface area contributed by atoms with Crippen molar-refractivity contribution in [2.24, 2.45) is 0 Å². The molecule has 4 nitrogen and oxygen atoms in total. The Kier molecular flexibility index (Phi) is 6.23. The third-order valence-corrected chi connectivity index (χ3v) is 3.60. The van der Waals surface area contributed by atoms with Crippen molar-refractivity contribution in [1.82, 2.24) is 5.32 Å². The van der Waals surface area contributed by atoms with Crippen LogP contribution in [0.3, 0.4) is 0 Å². The van der Waals surface area contributed by atoms with Crippen LogP contribution in [0.2, 0.25) is 0 Å². The number of carbonyl (C=O) groups is 1. The molecule has 0 amide bonds. The van der Waals surface area contributed by atoms with Crippen LogP contribution in [0.25, 0.3) is 0 Å². The molecular formula is C15H21F2NO3. The molecular weight excluding hydrogens is 280 g/mol. The van der Waals surface area contributed by atoms with Crippen LogP contribution in [-0.4, -0.2) is 30.3 Å². The van der Waals surface area contributed by atoms with E-state index in [-0.39, 0.29) is 18.5 Å². The summed E-state index contributed by atoms with van der Waals surface area (Å²) >= 11 is 0. The zero-order valence-electron chi connectivity index (χ0n) is 12.5. The number of halogens is 2. The van der Waals surface area contributed by atoms with Crippen LogP contribution in [0.5, 0.6) is 0 Å². The smallest absolute Gasteiger partial charge is 0.307 e. The van der Waals surface area contributed by atoms with Crippen LogP contribution in [-0.2, 0) is 9.53 Å². The first-order chi connectivity index (χ1) is 9.83. The van der Waals surface area contributed by atoms with Crippen molar-refractivity contribution in [2.45, 2.75) is 38.3 Å². The molecule has 1 aromatic carbocycles. The molecule has 1 aromatic rings. The van der Waals surface area contributed by atoms with Crippen molar-refractivity contribution < 1.29 is 23.4 Å². The van der Waals surface area contributed by atoms with E-state index >= 15 is 0 Å². The van der Waals surface area contributed by atoms with Crippen molar-refractivity contribution >= 4 is 5.97 Å². The van der Waals surface area contributed by atoms with E-state index in [9.17, 15) is 18.7 Å². The molecule has 0 heterocycles. The summed E-state index contributed by atoms with van der Waals surface area (Å²) in [5, 5.41) is 13.0. The normalized spacial score (nSPS) is 15.3. The maximum Gasteiger partial charge on any atom is 0.307 e. The summed E-state index contributed by atoms with van der Waals surface area (Å²) in [7, 11) is 1.29. The van der Waals surface area contributed by atoms with Gasteiger partial charge in [-0.05, 0) is 25.5 Å². The molecule has 2 unspecified atom stereocenters. The van der Waals surface area contributed by atoms with Gasteiger partial charge in [0, 0.05) is 12.1 Å². The monoisotopic (exact) mass is 301 g/mol. The molecule has 0 bridgehead atoms. The number of ether oxygens (including phenoxy) is 1. The summed E-state index contributed by atoms with van der Waals surface area (Å²) in [5.41, 5.74) is -0.989. The van der Waals surface area contributed by atoms with Gasteiger partial charge in [-0.25, -0.2) is 8.78 Å². The molecule has 0 radical (unpaired) electrons. The van der Waals surface area contributed by atoms with Gasteiger partial charge in [0.05, 0.1) is 25.2 Å². The summed E-state index contributed by atoms with van der Waals surface area (Å²) in [6.45, 7) is 3.58. The largest absolute Gasteiger partial charge is 0.469 e. The summed E-state index contributed by atoms with van der Waals surface area (Å²) < 4.78 is 31.7. The summed E-state index contributed by atoms with van der Waals surface area (Å²) in [4.78, 5) is 11.4. The van der Waals surface area contributed by atoms with Crippen LogP contribution in [0, 0.1) is 11.6 Å². The van der Waals surface area contributed by atoms with Gasteiger partial charge in [0.25, 0.3) is 0 Å². The number of methoxy groups -OCH3 is 1. The molecule has 0 aliphatic carbocycles. The van der Waals surface area contributed by atoms with Crippen molar-refractivity contribution in [3.63, 3.8) is 0 Å². The first kappa shape index (κ1) is 17.5. The number of nitrogens with one attached hydrogen (secondary N) is 1. The Morgan fingerprint density at radius 1 is 1.43 bits per heavy atom. The number of hydrogen-bond donors (Lipinski definition) is 2. The predicted molar refractivity (Wildman–Crippen MR) is 74.6 cm³/mol. The average Bonchev–Trinajstić information content (AvgIpc) is 2.45. The minimum Gasteiger partial charge on any atom is -0.469 e. The second-order valence-corrected chi connectivity index (χ2v) is 5.20. The van der Waals surface area contributed by atoms with Crippen molar-refractivity contribution in [2.75, 3.05) is 13.7 Å². The quantitative estimate of drug-likeness (QED) is 0.759. The minimum atomic E-state index is -1.34. The Bertz CT molecular complexity index is 476. The number of benzene rings is 1. The molecule has 0 aliphatic heterocycles. The molecule has 6 heteroatoms. The van der Waals surface area contributed by atoms with E-state index in [1.807, 2.05) is 6.92 Å². The second-order valence-electron chi connectivity index (χ2n) is 5.20. The van der Waals surface area contributed by atoms with Gasteiger partial charge in [-0.1, -0.05) is 13.0 Å². The SMILES string of the molecule is CCC(C)(CC(=O)OC)NCC(O)c1c(F)cccc1F. The summed E-state index contributed by atoms with van der Waals surface area (Å²) in [5.74, 6) is -1.98. The maximum atomic E-state index is 13.6. The van der Waals surface area contributed by atoms with Crippen LogP contribution in [0.1, 0.15) is 38.4 Å². The first-order valence-corrected chi connectivity index (χ1v) is 6.76. The highest BCUT2D eigenvalue weighted by molar-refractivity contribution is 5.70. The van der Waals surface area contributed by atoms with E-state index in [0.29, 0.717) is 6.42 Å². The third kappa shape index (κ3) is 4.75. The molecule has 0 aromatic heterocycles. The Labute approximate surface area is 123 Å². The topological polar surface area (TPSA) is 58.6 Å². The van der Waals surface area contributed by atoms with E-state index in [2.05, 4.69) is 10.1 Å². The number of β-amino-alcohol motifs (C(OH)–C–C–N with tert-alkyl or cyclic N) is 1. The van der Waals surface area contributed by atoms with Gasteiger partial charge in [0.2, 0.25) is 0 Å². The summed E-state index contributed by atoms with van der Waals surface area (Å²) in [6, 6.07) is 3.42. The predicted octanol–water partition coefficient (Wildman–Crippen LogP) is 2.32. The molecule has 0 saturated heterocycles. The number of rotatable bonds is 7. The number of esters is 1. The molecule has 118 valence electrons. The fourth-order valence-electron chi connectivity index (χ4n) is 1.98. The van der Waals surface area contributed by atoms with E-state index < -0.39 is 29.2 Å². The highest BCUT2D eigenvalue weighted by atomic mass is 19.1. The minimum absolute atomic E-state index is 0.0703. The molecule has 0 fully saturated rings. The lowest BCUT2D eigenvalue weighted by atomic mass is 9.94. The zero-order valence-corrected chi connectivity index (χ0v) is 12.5. The number of aliphatic hydroxyl groups excluding tert-OH is 1. The lowest BCUT2D eigenvalue weighted by Gasteiger charge is -2.30. The van der Waals surface area contributed by atoms with Gasteiger partial charge >= 0.3 is 5.97 Å². The summed E-state index contributed by atoms with van der Waals surface area (Å²) in [6.07, 6.45) is -0.643. The van der Waals surface area contributed by atoms with Gasteiger partial charge in [-0.15, -0.1) is 0 Å². The molecule has 0 saturated carbocycles. The third-order valence-electron chi connectivity index (χ3n) is 3.60. The lowest BCUT2D eigenvalue weighted by molar-refractivity contribution is -0.142. The van der Waals surface area contributed by atoms with Gasteiger partial charge in [0.15, 0.2) is 0 Å². The molecule has 0 aliphatic rings. The van der Waals surface area contributed by atoms with Crippen LogP contribution in [0.15, 0.2) is 18.2 Å². The van der Waals surface area contributed by atoms with E-state index in [1.165, 1.54) is 13.2 Å². The van der Waals surface area contributed by atoms with E-state index in [4.69, 9.17) is 0 Å². The Hall–Kier alpha value is -1.53. The average molecular weight is 301 g/mol. The number of aliphatic hydroxyl groups is 1. The van der Waals surface area contributed by atoms with Crippen molar-refractivity contribution in [1.29, 1.82) is 0 Å². The highest BCUT2D eigenvalue weighted by Gasteiger charge is 2.27. The van der Waals surface area contributed by atoms with E-state index in [0.717, 1.165) is 12.1 Å². The Morgan fingerprint density at radius 2 is 2.00 bits per heavy atom. The van der Waals surface area contributed by atoms with Gasteiger partial charge in [0.1, 0.15) is 11.6 Å². The maximum absolute atomic E-state index is 13.6. The number of carbonyl (C=O) groups excluding carboxylic acids is 1. The van der Waals surface area contributed by atoms with Gasteiger partial charge < -0.3 is 15.2 Å². The molecule has 1 rings (SSSR count). The van der Waals surface area contributed by atoms with Crippen molar-refractivity contribution in [3.05, 3.63) is 35.4 Å².